The van der Waals surface area contributed by atoms with E-state index in [4.69, 9.17) is 14.2 Å². The average molecular weight is 749 g/mol. The fourth-order valence-electron chi connectivity index (χ4n) is 5.43. The standard InChI is InChI=1S/C49H80O5/c1-4-7-10-13-15-17-19-21-22-23-24-25-26-27-29-31-33-35-38-41-44-52-45-47(54-49(51)43-40-36-12-9-6-3)46-53-48(50)42-39-37-34-32-30-28-20-18-16-14-11-8-5-2/h7-8,10-11,15-18,21-22,24-25,27-30,47H,4-6,9,12-14,19-20,23,26,31-46H2,1-3H3/b10-7-,11-8-,17-15-,18-16-,22-21-,25-24-,29-27-,30-28-. The van der Waals surface area contributed by atoms with Gasteiger partial charge in [0.05, 0.1) is 6.61 Å². The first-order valence-electron chi connectivity index (χ1n) is 21.8. The highest BCUT2D eigenvalue weighted by molar-refractivity contribution is 5.70. The predicted octanol–water partition coefficient (Wildman–Crippen LogP) is 14.3. The number of esters is 2. The summed E-state index contributed by atoms with van der Waals surface area (Å²) in [4.78, 5) is 25.0. The minimum absolute atomic E-state index is 0.0537. The molecule has 0 N–H and O–H groups in total. The summed E-state index contributed by atoms with van der Waals surface area (Å²) in [6.07, 6.45) is 58.7. The van der Waals surface area contributed by atoms with Gasteiger partial charge in [-0.25, -0.2) is 0 Å². The van der Waals surface area contributed by atoms with Crippen LogP contribution in [0.2, 0.25) is 0 Å². The topological polar surface area (TPSA) is 61.8 Å². The molecule has 0 amide bonds. The van der Waals surface area contributed by atoms with Crippen molar-refractivity contribution in [1.82, 2.24) is 0 Å². The Bertz CT molecular complexity index is 1070. The van der Waals surface area contributed by atoms with E-state index >= 15 is 0 Å². The Hall–Kier alpha value is -3.18. The highest BCUT2D eigenvalue weighted by Crippen LogP contribution is 2.10. The van der Waals surface area contributed by atoms with Gasteiger partial charge in [-0.1, -0.05) is 163 Å². The molecule has 0 saturated heterocycles. The average Bonchev–Trinajstić information content (AvgIpc) is 3.17. The Kier molecular flexibility index (Phi) is 41.6. The molecule has 0 rings (SSSR count). The van der Waals surface area contributed by atoms with Gasteiger partial charge in [-0.3, -0.25) is 9.59 Å². The molecule has 0 radical (unpaired) electrons. The maximum atomic E-state index is 12.5. The van der Waals surface area contributed by atoms with E-state index in [1.54, 1.807) is 0 Å². The minimum atomic E-state index is -0.561. The number of carbonyl (C=O) groups excluding carboxylic acids is 2. The van der Waals surface area contributed by atoms with Gasteiger partial charge in [0.1, 0.15) is 6.61 Å². The van der Waals surface area contributed by atoms with E-state index in [1.807, 2.05) is 0 Å². The van der Waals surface area contributed by atoms with Crippen LogP contribution in [0.4, 0.5) is 0 Å². The van der Waals surface area contributed by atoms with Crippen molar-refractivity contribution in [2.75, 3.05) is 19.8 Å². The third-order valence-corrected chi connectivity index (χ3v) is 8.62. The van der Waals surface area contributed by atoms with E-state index in [0.717, 1.165) is 122 Å². The Morgan fingerprint density at radius 2 is 0.833 bits per heavy atom. The van der Waals surface area contributed by atoms with Gasteiger partial charge in [0.15, 0.2) is 6.10 Å². The lowest BCUT2D eigenvalue weighted by molar-refractivity contribution is -0.163. The van der Waals surface area contributed by atoms with Crippen LogP contribution < -0.4 is 0 Å². The molecule has 5 nitrogen and oxygen atoms in total. The predicted molar refractivity (Wildman–Crippen MR) is 233 cm³/mol. The summed E-state index contributed by atoms with van der Waals surface area (Å²) in [5.41, 5.74) is 0. The fraction of sp³-hybridized carbons (Fsp3) is 0.633. The largest absolute Gasteiger partial charge is 0.462 e. The van der Waals surface area contributed by atoms with Crippen molar-refractivity contribution in [3.05, 3.63) is 97.2 Å². The Morgan fingerprint density at radius 1 is 0.426 bits per heavy atom. The van der Waals surface area contributed by atoms with Crippen LogP contribution in [0.3, 0.4) is 0 Å². The Balaban J connectivity index is 4.18. The molecule has 0 spiro atoms. The molecule has 0 heterocycles. The lowest BCUT2D eigenvalue weighted by Gasteiger charge is -2.18. The van der Waals surface area contributed by atoms with Crippen LogP contribution in [0.25, 0.3) is 0 Å². The highest BCUT2D eigenvalue weighted by atomic mass is 16.6. The maximum absolute atomic E-state index is 12.5. The molecule has 0 bridgehead atoms. The van der Waals surface area contributed by atoms with E-state index in [9.17, 15) is 9.59 Å². The molecule has 0 aromatic heterocycles. The van der Waals surface area contributed by atoms with Gasteiger partial charge in [-0.05, 0) is 96.3 Å². The normalized spacial score (nSPS) is 13.2. The van der Waals surface area contributed by atoms with Crippen LogP contribution in [-0.2, 0) is 23.8 Å². The lowest BCUT2D eigenvalue weighted by atomic mass is 10.1. The zero-order valence-electron chi connectivity index (χ0n) is 34.9. The summed E-state index contributed by atoms with van der Waals surface area (Å²) in [6.45, 7) is 7.41. The van der Waals surface area contributed by atoms with E-state index in [0.29, 0.717) is 19.4 Å². The van der Waals surface area contributed by atoms with Gasteiger partial charge in [0.2, 0.25) is 0 Å². The van der Waals surface area contributed by atoms with Crippen molar-refractivity contribution in [2.45, 2.75) is 181 Å². The number of allylic oxidation sites excluding steroid dienone is 16. The first-order chi connectivity index (χ1) is 26.6. The van der Waals surface area contributed by atoms with Gasteiger partial charge in [-0.2, -0.15) is 0 Å². The van der Waals surface area contributed by atoms with E-state index in [-0.39, 0.29) is 25.2 Å². The zero-order chi connectivity index (χ0) is 39.3. The molecule has 5 heteroatoms. The number of hydrogen-bond donors (Lipinski definition) is 0. The quantitative estimate of drug-likeness (QED) is 0.0357. The second kappa shape index (κ2) is 44.2. The van der Waals surface area contributed by atoms with E-state index in [2.05, 4.69) is 118 Å². The number of unbranched alkanes of at least 4 members (excludes halogenated alkanes) is 11. The summed E-state index contributed by atoms with van der Waals surface area (Å²) < 4.78 is 17.1. The first kappa shape index (κ1) is 50.8. The second-order valence-electron chi connectivity index (χ2n) is 13.8. The van der Waals surface area contributed by atoms with Crippen molar-refractivity contribution in [2.24, 2.45) is 0 Å². The molecule has 0 aromatic rings. The fourth-order valence-corrected chi connectivity index (χ4v) is 5.43. The monoisotopic (exact) mass is 749 g/mol. The van der Waals surface area contributed by atoms with Gasteiger partial charge in [0, 0.05) is 19.4 Å². The van der Waals surface area contributed by atoms with Gasteiger partial charge in [-0.15, -0.1) is 0 Å². The molecule has 0 aliphatic heterocycles. The minimum Gasteiger partial charge on any atom is -0.462 e. The van der Waals surface area contributed by atoms with Crippen molar-refractivity contribution in [3.63, 3.8) is 0 Å². The van der Waals surface area contributed by atoms with Crippen LogP contribution in [0.15, 0.2) is 97.2 Å². The first-order valence-corrected chi connectivity index (χ1v) is 21.8. The highest BCUT2D eigenvalue weighted by Gasteiger charge is 2.17. The maximum Gasteiger partial charge on any atom is 0.306 e. The summed E-state index contributed by atoms with van der Waals surface area (Å²) >= 11 is 0. The van der Waals surface area contributed by atoms with Gasteiger partial charge in [0.25, 0.3) is 0 Å². The smallest absolute Gasteiger partial charge is 0.306 e. The van der Waals surface area contributed by atoms with E-state index < -0.39 is 6.10 Å². The van der Waals surface area contributed by atoms with Crippen LogP contribution in [0, 0.1) is 0 Å². The van der Waals surface area contributed by atoms with Gasteiger partial charge < -0.3 is 14.2 Å². The zero-order valence-corrected chi connectivity index (χ0v) is 34.9. The lowest BCUT2D eigenvalue weighted by Crippen LogP contribution is -2.30. The number of rotatable bonds is 38. The molecular formula is C49H80O5. The van der Waals surface area contributed by atoms with Crippen molar-refractivity contribution in [1.29, 1.82) is 0 Å². The summed E-state index contributed by atoms with van der Waals surface area (Å²) in [5.74, 6) is -0.469. The third-order valence-electron chi connectivity index (χ3n) is 8.62. The van der Waals surface area contributed by atoms with Gasteiger partial charge >= 0.3 is 11.9 Å². The molecule has 0 fully saturated rings. The molecule has 0 aromatic carbocycles. The van der Waals surface area contributed by atoms with Crippen molar-refractivity contribution in [3.8, 4) is 0 Å². The summed E-state index contributed by atoms with van der Waals surface area (Å²) in [5, 5.41) is 0. The number of hydrogen-bond acceptors (Lipinski definition) is 5. The Morgan fingerprint density at radius 3 is 1.33 bits per heavy atom. The summed E-state index contributed by atoms with van der Waals surface area (Å²) in [7, 11) is 0. The molecule has 306 valence electrons. The van der Waals surface area contributed by atoms with Crippen molar-refractivity contribution < 1.29 is 23.8 Å². The summed E-state index contributed by atoms with van der Waals surface area (Å²) in [6, 6.07) is 0. The second-order valence-corrected chi connectivity index (χ2v) is 13.8. The number of ether oxygens (including phenoxy) is 3. The number of carbonyl (C=O) groups is 2. The molecular weight excluding hydrogens is 669 g/mol. The molecule has 1 unspecified atom stereocenters. The molecule has 0 aliphatic rings. The van der Waals surface area contributed by atoms with Crippen LogP contribution in [-0.4, -0.2) is 37.9 Å². The van der Waals surface area contributed by atoms with E-state index in [1.165, 1.54) is 19.3 Å². The molecule has 0 aliphatic carbocycles. The Labute approximate surface area is 332 Å². The molecule has 54 heavy (non-hydrogen) atoms. The van der Waals surface area contributed by atoms with Crippen molar-refractivity contribution >= 4 is 11.9 Å². The van der Waals surface area contributed by atoms with Crippen LogP contribution >= 0.6 is 0 Å². The molecule has 1 atom stereocenters. The SMILES string of the molecule is CC/C=C\C/C=C\C/C=C\C/C=C\C/C=C\CCCCCCOCC(COC(=O)CCCCC/C=C\C/C=C\C/C=C\CC)OC(=O)CCCCCCC. The van der Waals surface area contributed by atoms with Crippen LogP contribution in [0.5, 0.6) is 0 Å². The van der Waals surface area contributed by atoms with Crippen LogP contribution in [0.1, 0.15) is 175 Å². The third kappa shape index (κ3) is 41.6. The molecule has 0 saturated carbocycles.